The topological polar surface area (TPSA) is 38.3 Å². The normalized spacial score (nSPS) is 11.5. The molecule has 0 aliphatic carbocycles. The molecule has 0 aromatic rings. The average molecular weight is 215 g/mol. The summed E-state index contributed by atoms with van der Waals surface area (Å²) in [6.07, 6.45) is 2.21. The molecule has 3 nitrogen and oxygen atoms in total. The van der Waals surface area contributed by atoms with Crippen LogP contribution >= 0.6 is 0 Å². The van der Waals surface area contributed by atoms with Crippen molar-refractivity contribution in [3.05, 3.63) is 0 Å². The van der Waals surface area contributed by atoms with E-state index in [-0.39, 0.29) is 5.97 Å². The minimum Gasteiger partial charge on any atom is -0.468 e. The van der Waals surface area contributed by atoms with Crippen LogP contribution in [0.4, 0.5) is 0 Å². The summed E-state index contributed by atoms with van der Waals surface area (Å²) < 4.78 is 4.61. The minimum atomic E-state index is -0.187. The Bertz CT molecular complexity index is 168. The van der Waals surface area contributed by atoms with Crippen LogP contribution in [0.3, 0.4) is 0 Å². The maximum atomic E-state index is 11.0. The first-order valence-corrected chi connectivity index (χ1v) is 5.75. The van der Waals surface area contributed by atoms with Gasteiger partial charge in [0, 0.05) is 6.04 Å². The Hall–Kier alpha value is -0.570. The van der Waals surface area contributed by atoms with Gasteiger partial charge in [-0.1, -0.05) is 27.7 Å². The van der Waals surface area contributed by atoms with Gasteiger partial charge in [0.2, 0.25) is 0 Å². The van der Waals surface area contributed by atoms with E-state index in [0.29, 0.717) is 24.4 Å². The number of esters is 1. The summed E-state index contributed by atoms with van der Waals surface area (Å²) in [4.78, 5) is 11.0. The van der Waals surface area contributed by atoms with Gasteiger partial charge >= 0.3 is 5.97 Å². The van der Waals surface area contributed by atoms with Gasteiger partial charge < -0.3 is 10.1 Å². The molecule has 0 saturated heterocycles. The zero-order valence-corrected chi connectivity index (χ0v) is 10.7. The average Bonchev–Trinajstić information content (AvgIpc) is 2.11. The van der Waals surface area contributed by atoms with E-state index in [1.807, 2.05) is 0 Å². The Morgan fingerprint density at radius 2 is 1.60 bits per heavy atom. The third-order valence-corrected chi connectivity index (χ3v) is 2.27. The van der Waals surface area contributed by atoms with E-state index < -0.39 is 0 Å². The van der Waals surface area contributed by atoms with Crippen LogP contribution in [0.15, 0.2) is 0 Å². The lowest BCUT2D eigenvalue weighted by molar-refractivity contribution is -0.139. The molecule has 0 bridgehead atoms. The quantitative estimate of drug-likeness (QED) is 0.662. The molecule has 0 unspecified atom stereocenters. The first-order chi connectivity index (χ1) is 6.95. The third-order valence-electron chi connectivity index (χ3n) is 2.27. The molecule has 0 aromatic carbocycles. The van der Waals surface area contributed by atoms with E-state index in [1.54, 1.807) is 0 Å². The molecule has 0 aliphatic rings. The molecule has 0 rings (SSSR count). The van der Waals surface area contributed by atoms with Gasteiger partial charge in [-0.25, -0.2) is 0 Å². The van der Waals surface area contributed by atoms with Crippen molar-refractivity contribution in [1.82, 2.24) is 5.32 Å². The Balaban J connectivity index is 3.95. The number of carbonyl (C=O) groups excluding carboxylic acids is 1. The van der Waals surface area contributed by atoms with E-state index >= 15 is 0 Å². The number of nitrogens with one attached hydrogen (secondary N) is 1. The van der Waals surface area contributed by atoms with E-state index in [9.17, 15) is 4.79 Å². The van der Waals surface area contributed by atoms with Crippen LogP contribution in [0.5, 0.6) is 0 Å². The van der Waals surface area contributed by atoms with E-state index in [1.165, 1.54) is 7.11 Å². The second-order valence-corrected chi connectivity index (χ2v) is 4.91. The van der Waals surface area contributed by atoms with Gasteiger partial charge in [-0.3, -0.25) is 4.79 Å². The molecule has 0 fully saturated rings. The smallest absolute Gasteiger partial charge is 0.319 e. The van der Waals surface area contributed by atoms with Crippen LogP contribution in [0.2, 0.25) is 0 Å². The molecule has 1 N–H and O–H groups in total. The summed E-state index contributed by atoms with van der Waals surface area (Å²) in [7, 11) is 1.42. The number of hydrogen-bond acceptors (Lipinski definition) is 3. The van der Waals surface area contributed by atoms with E-state index in [0.717, 1.165) is 12.8 Å². The fourth-order valence-corrected chi connectivity index (χ4v) is 1.70. The highest BCUT2D eigenvalue weighted by molar-refractivity contribution is 5.71. The maximum Gasteiger partial charge on any atom is 0.319 e. The molecular formula is C12H25NO2. The molecule has 0 amide bonds. The first-order valence-electron chi connectivity index (χ1n) is 5.75. The van der Waals surface area contributed by atoms with Gasteiger partial charge in [-0.2, -0.15) is 0 Å². The number of rotatable bonds is 7. The predicted molar refractivity (Wildman–Crippen MR) is 62.7 cm³/mol. The molecular weight excluding hydrogens is 190 g/mol. The molecule has 0 saturated carbocycles. The second kappa shape index (κ2) is 7.69. The minimum absolute atomic E-state index is 0.187. The van der Waals surface area contributed by atoms with Gasteiger partial charge in [0.05, 0.1) is 13.7 Å². The molecule has 0 spiro atoms. The summed E-state index contributed by atoms with van der Waals surface area (Å²) in [5, 5.41) is 3.26. The highest BCUT2D eigenvalue weighted by Crippen LogP contribution is 2.12. The van der Waals surface area contributed by atoms with Gasteiger partial charge in [0.15, 0.2) is 0 Å². The standard InChI is InChI=1S/C12H25NO2/c1-9(2)6-11(7-10(3)4)13-8-12(14)15-5/h9-11,13H,6-8H2,1-5H3. The first kappa shape index (κ1) is 14.4. The highest BCUT2D eigenvalue weighted by Gasteiger charge is 2.13. The maximum absolute atomic E-state index is 11.0. The van der Waals surface area contributed by atoms with Crippen molar-refractivity contribution in [3.8, 4) is 0 Å². The van der Waals surface area contributed by atoms with Crippen molar-refractivity contribution in [3.63, 3.8) is 0 Å². The molecule has 0 radical (unpaired) electrons. The number of methoxy groups -OCH3 is 1. The van der Waals surface area contributed by atoms with Crippen molar-refractivity contribution in [1.29, 1.82) is 0 Å². The molecule has 0 aliphatic heterocycles. The Kier molecular flexibility index (Phi) is 7.39. The fraction of sp³-hybridized carbons (Fsp3) is 0.917. The lowest BCUT2D eigenvalue weighted by atomic mass is 9.96. The van der Waals surface area contributed by atoms with Crippen LogP contribution in [0, 0.1) is 11.8 Å². The molecule has 90 valence electrons. The summed E-state index contributed by atoms with van der Waals surface area (Å²) in [6, 6.07) is 0.420. The van der Waals surface area contributed by atoms with Crippen LogP contribution in [0.25, 0.3) is 0 Å². The summed E-state index contributed by atoms with van der Waals surface area (Å²) >= 11 is 0. The summed E-state index contributed by atoms with van der Waals surface area (Å²) in [5.41, 5.74) is 0. The van der Waals surface area contributed by atoms with Crippen LogP contribution in [-0.4, -0.2) is 25.7 Å². The number of ether oxygens (including phenoxy) is 1. The second-order valence-electron chi connectivity index (χ2n) is 4.91. The number of carbonyl (C=O) groups is 1. The van der Waals surface area contributed by atoms with Gasteiger partial charge in [0.1, 0.15) is 0 Å². The van der Waals surface area contributed by atoms with Crippen LogP contribution < -0.4 is 5.32 Å². The van der Waals surface area contributed by atoms with Gasteiger partial charge in [-0.05, 0) is 24.7 Å². The van der Waals surface area contributed by atoms with Crippen molar-refractivity contribution in [2.24, 2.45) is 11.8 Å². The lowest BCUT2D eigenvalue weighted by Crippen LogP contribution is -2.36. The Labute approximate surface area is 93.6 Å². The predicted octanol–water partition coefficient (Wildman–Crippen LogP) is 2.21. The van der Waals surface area contributed by atoms with Crippen LogP contribution in [0.1, 0.15) is 40.5 Å². The van der Waals surface area contributed by atoms with Gasteiger partial charge in [0.25, 0.3) is 0 Å². The SMILES string of the molecule is COC(=O)CNC(CC(C)C)CC(C)C. The molecule has 0 heterocycles. The number of hydrogen-bond donors (Lipinski definition) is 1. The fourth-order valence-electron chi connectivity index (χ4n) is 1.70. The molecule has 0 aromatic heterocycles. The molecule has 3 heteroatoms. The van der Waals surface area contributed by atoms with Crippen LogP contribution in [-0.2, 0) is 9.53 Å². The zero-order valence-electron chi connectivity index (χ0n) is 10.7. The van der Waals surface area contributed by atoms with E-state index in [2.05, 4.69) is 37.7 Å². The summed E-state index contributed by atoms with van der Waals surface area (Å²) in [5.74, 6) is 1.12. The highest BCUT2D eigenvalue weighted by atomic mass is 16.5. The zero-order chi connectivity index (χ0) is 11.8. The molecule has 0 atom stereocenters. The Morgan fingerprint density at radius 3 is 1.93 bits per heavy atom. The molecule has 15 heavy (non-hydrogen) atoms. The monoisotopic (exact) mass is 215 g/mol. The largest absolute Gasteiger partial charge is 0.468 e. The van der Waals surface area contributed by atoms with Crippen molar-refractivity contribution in [2.45, 2.75) is 46.6 Å². The van der Waals surface area contributed by atoms with E-state index in [4.69, 9.17) is 0 Å². The van der Waals surface area contributed by atoms with Crippen molar-refractivity contribution in [2.75, 3.05) is 13.7 Å². The summed E-state index contributed by atoms with van der Waals surface area (Å²) in [6.45, 7) is 9.13. The third kappa shape index (κ3) is 8.43. The lowest BCUT2D eigenvalue weighted by Gasteiger charge is -2.21. The van der Waals surface area contributed by atoms with Crippen molar-refractivity contribution >= 4 is 5.97 Å². The van der Waals surface area contributed by atoms with Crippen molar-refractivity contribution < 1.29 is 9.53 Å². The van der Waals surface area contributed by atoms with Gasteiger partial charge in [-0.15, -0.1) is 0 Å². The Morgan fingerprint density at radius 1 is 1.13 bits per heavy atom.